The molecule has 0 spiro atoms. The molecule has 164 valence electrons. The third-order valence-electron chi connectivity index (χ3n) is 7.14. The highest BCUT2D eigenvalue weighted by molar-refractivity contribution is 6.30. The first-order valence-corrected chi connectivity index (χ1v) is 11.8. The van der Waals surface area contributed by atoms with Crippen LogP contribution in [0.5, 0.6) is 0 Å². The first kappa shape index (κ1) is 20.9. The van der Waals surface area contributed by atoms with Crippen molar-refractivity contribution in [2.24, 2.45) is 0 Å². The molecule has 31 heavy (non-hydrogen) atoms. The average molecular weight is 442 g/mol. The van der Waals surface area contributed by atoms with Crippen LogP contribution in [0.1, 0.15) is 58.6 Å². The summed E-state index contributed by atoms with van der Waals surface area (Å²) in [6.07, 6.45) is 4.33. The van der Waals surface area contributed by atoms with Gasteiger partial charge in [0.25, 0.3) is 5.91 Å². The second kappa shape index (κ2) is 8.89. The molecular weight excluding hydrogens is 413 g/mol. The van der Waals surface area contributed by atoms with Gasteiger partial charge in [0.15, 0.2) is 0 Å². The standard InChI is InChI=1S/C25H29ClFN3O/c26-21-5-3-19(24(27)13-21)15-29-10-7-17(8-11-29)18-4-6-23-20(12-18)16-30(25(23)31)22-2-1-9-28-14-22/h3-6,12-13,17,22,28H,1-2,7-11,14-16H2. The summed E-state index contributed by atoms with van der Waals surface area (Å²) in [5.74, 6) is 0.461. The van der Waals surface area contributed by atoms with Crippen LogP contribution in [0.2, 0.25) is 5.02 Å². The molecule has 1 unspecified atom stereocenters. The molecule has 4 nitrogen and oxygen atoms in total. The summed E-state index contributed by atoms with van der Waals surface area (Å²) in [7, 11) is 0. The Hall–Kier alpha value is -1.95. The largest absolute Gasteiger partial charge is 0.330 e. The SMILES string of the molecule is O=C1c2ccc(C3CCN(Cc4ccc(Cl)cc4F)CC3)cc2CN1C1CCCNC1. The second-order valence-electron chi connectivity index (χ2n) is 9.14. The number of carbonyl (C=O) groups excluding carboxylic acids is 1. The van der Waals surface area contributed by atoms with Gasteiger partial charge in [-0.3, -0.25) is 9.69 Å². The Labute approximate surface area is 188 Å². The highest BCUT2D eigenvalue weighted by atomic mass is 35.5. The number of carbonyl (C=O) groups is 1. The molecule has 6 heteroatoms. The fraction of sp³-hybridized carbons (Fsp3) is 0.480. The lowest BCUT2D eigenvalue weighted by molar-refractivity contribution is 0.0674. The molecule has 1 amide bonds. The van der Waals surface area contributed by atoms with Crippen LogP contribution in [0.4, 0.5) is 4.39 Å². The van der Waals surface area contributed by atoms with Gasteiger partial charge >= 0.3 is 0 Å². The van der Waals surface area contributed by atoms with Crippen molar-refractivity contribution in [1.29, 1.82) is 0 Å². The van der Waals surface area contributed by atoms with E-state index in [1.54, 1.807) is 12.1 Å². The zero-order valence-electron chi connectivity index (χ0n) is 17.7. The van der Waals surface area contributed by atoms with Crippen LogP contribution in [-0.4, -0.2) is 47.9 Å². The molecule has 0 aliphatic carbocycles. The Kier molecular flexibility index (Phi) is 6.00. The maximum Gasteiger partial charge on any atom is 0.254 e. The molecule has 1 atom stereocenters. The van der Waals surface area contributed by atoms with Crippen LogP contribution >= 0.6 is 11.6 Å². The number of rotatable bonds is 4. The van der Waals surface area contributed by atoms with E-state index in [0.717, 1.165) is 64.0 Å². The zero-order valence-corrected chi connectivity index (χ0v) is 18.5. The summed E-state index contributed by atoms with van der Waals surface area (Å²) in [5.41, 5.74) is 4.10. The zero-order chi connectivity index (χ0) is 21.4. The Morgan fingerprint density at radius 3 is 2.68 bits per heavy atom. The van der Waals surface area contributed by atoms with E-state index in [0.29, 0.717) is 29.1 Å². The number of nitrogens with one attached hydrogen (secondary N) is 1. The van der Waals surface area contributed by atoms with Crippen molar-refractivity contribution in [3.8, 4) is 0 Å². The quantitative estimate of drug-likeness (QED) is 0.755. The Balaban J connectivity index is 1.21. The van der Waals surface area contributed by atoms with E-state index in [1.165, 1.54) is 17.2 Å². The van der Waals surface area contributed by atoms with Crippen molar-refractivity contribution in [3.05, 3.63) is 69.5 Å². The van der Waals surface area contributed by atoms with Crippen LogP contribution in [-0.2, 0) is 13.1 Å². The summed E-state index contributed by atoms with van der Waals surface area (Å²) >= 11 is 5.87. The minimum Gasteiger partial charge on any atom is -0.330 e. The first-order chi connectivity index (χ1) is 15.1. The highest BCUT2D eigenvalue weighted by Gasteiger charge is 2.34. The molecular formula is C25H29ClFN3O. The van der Waals surface area contributed by atoms with Crippen LogP contribution in [0.15, 0.2) is 36.4 Å². The topological polar surface area (TPSA) is 35.6 Å². The molecule has 5 rings (SSSR count). The number of nitrogens with zero attached hydrogens (tertiary/aromatic N) is 2. The minimum atomic E-state index is -0.226. The molecule has 1 N–H and O–H groups in total. The molecule has 0 radical (unpaired) electrons. The normalized spacial score (nSPS) is 22.7. The van der Waals surface area contributed by atoms with Crippen molar-refractivity contribution in [3.63, 3.8) is 0 Å². The van der Waals surface area contributed by atoms with E-state index in [2.05, 4.69) is 27.2 Å². The number of fused-ring (bicyclic) bond motifs is 1. The lowest BCUT2D eigenvalue weighted by Crippen LogP contribution is -2.46. The highest BCUT2D eigenvalue weighted by Crippen LogP contribution is 2.34. The van der Waals surface area contributed by atoms with Crippen LogP contribution in [0.25, 0.3) is 0 Å². The summed E-state index contributed by atoms with van der Waals surface area (Å²) in [5, 5.41) is 3.86. The molecule has 2 fully saturated rings. The fourth-order valence-corrected chi connectivity index (χ4v) is 5.49. The number of likely N-dealkylation sites (tertiary alicyclic amines) is 1. The van der Waals surface area contributed by atoms with E-state index < -0.39 is 0 Å². The molecule has 3 aliphatic heterocycles. The third kappa shape index (κ3) is 4.36. The molecule has 0 bridgehead atoms. The third-order valence-corrected chi connectivity index (χ3v) is 7.38. The Morgan fingerprint density at radius 1 is 1.10 bits per heavy atom. The summed E-state index contributed by atoms with van der Waals surface area (Å²) in [6.45, 7) is 5.21. The van der Waals surface area contributed by atoms with Crippen molar-refractivity contribution < 1.29 is 9.18 Å². The van der Waals surface area contributed by atoms with E-state index >= 15 is 0 Å². The molecule has 2 aromatic rings. The van der Waals surface area contributed by atoms with Gasteiger partial charge in [0.1, 0.15) is 5.82 Å². The van der Waals surface area contributed by atoms with Crippen molar-refractivity contribution in [2.75, 3.05) is 26.2 Å². The number of amides is 1. The van der Waals surface area contributed by atoms with Gasteiger partial charge < -0.3 is 10.2 Å². The van der Waals surface area contributed by atoms with E-state index in [4.69, 9.17) is 11.6 Å². The number of piperidine rings is 2. The van der Waals surface area contributed by atoms with Gasteiger partial charge in [0, 0.05) is 41.8 Å². The summed E-state index contributed by atoms with van der Waals surface area (Å²) in [4.78, 5) is 17.3. The second-order valence-corrected chi connectivity index (χ2v) is 9.57. The lowest BCUT2D eigenvalue weighted by Gasteiger charge is -2.32. The fourth-order valence-electron chi connectivity index (χ4n) is 5.33. The van der Waals surface area contributed by atoms with Gasteiger partial charge in [-0.15, -0.1) is 0 Å². The van der Waals surface area contributed by atoms with Crippen LogP contribution in [0.3, 0.4) is 0 Å². The van der Waals surface area contributed by atoms with E-state index in [9.17, 15) is 9.18 Å². The molecule has 0 aromatic heterocycles. The number of hydrogen-bond donors (Lipinski definition) is 1. The van der Waals surface area contributed by atoms with Crippen molar-refractivity contribution in [1.82, 2.24) is 15.1 Å². The van der Waals surface area contributed by atoms with Crippen LogP contribution < -0.4 is 5.32 Å². The van der Waals surface area contributed by atoms with Gasteiger partial charge in [0.2, 0.25) is 0 Å². The van der Waals surface area contributed by atoms with E-state index in [1.807, 2.05) is 6.07 Å². The van der Waals surface area contributed by atoms with Gasteiger partial charge in [-0.1, -0.05) is 29.8 Å². The number of benzene rings is 2. The van der Waals surface area contributed by atoms with Crippen molar-refractivity contribution >= 4 is 17.5 Å². The number of hydrogen-bond acceptors (Lipinski definition) is 3. The van der Waals surface area contributed by atoms with E-state index in [-0.39, 0.29) is 11.7 Å². The summed E-state index contributed by atoms with van der Waals surface area (Å²) in [6, 6.07) is 11.7. The predicted molar refractivity (Wildman–Crippen MR) is 121 cm³/mol. The van der Waals surface area contributed by atoms with Crippen LogP contribution in [0, 0.1) is 5.82 Å². The average Bonchev–Trinajstić information content (AvgIpc) is 3.13. The monoisotopic (exact) mass is 441 g/mol. The van der Waals surface area contributed by atoms with Gasteiger partial charge in [-0.25, -0.2) is 4.39 Å². The number of halogens is 2. The predicted octanol–water partition coefficient (Wildman–Crippen LogP) is 4.57. The summed E-state index contributed by atoms with van der Waals surface area (Å²) < 4.78 is 14.1. The van der Waals surface area contributed by atoms with Gasteiger partial charge in [0.05, 0.1) is 0 Å². The molecule has 2 aromatic carbocycles. The molecule has 2 saturated heterocycles. The lowest BCUT2D eigenvalue weighted by atomic mass is 9.87. The first-order valence-electron chi connectivity index (χ1n) is 11.4. The molecule has 3 heterocycles. The Morgan fingerprint density at radius 2 is 1.94 bits per heavy atom. The smallest absolute Gasteiger partial charge is 0.254 e. The Bertz CT molecular complexity index is 967. The molecule has 3 aliphatic rings. The van der Waals surface area contributed by atoms with Gasteiger partial charge in [-0.05, 0) is 80.6 Å². The maximum atomic E-state index is 14.1. The minimum absolute atomic E-state index is 0.190. The van der Waals surface area contributed by atoms with Crippen molar-refractivity contribution in [2.45, 2.75) is 50.7 Å². The van der Waals surface area contributed by atoms with Gasteiger partial charge in [-0.2, -0.15) is 0 Å². The molecule has 0 saturated carbocycles. The maximum absolute atomic E-state index is 14.1.